The molecule has 7 heteroatoms. The first-order valence-corrected chi connectivity index (χ1v) is 5.16. The van der Waals surface area contributed by atoms with Crippen molar-refractivity contribution in [1.82, 2.24) is 0 Å². The molecule has 0 aliphatic rings. The Balaban J connectivity index is 4.93. The SMILES string of the molecule is CCC(C)(OC(C)C(F)(F)F)C(C)C(F)(F)F. The molecule has 0 radical (unpaired) electrons. The predicted octanol–water partition coefficient (Wildman–Crippen LogP) is 4.32. The van der Waals surface area contributed by atoms with Crippen LogP contribution in [0.4, 0.5) is 26.3 Å². The maximum atomic E-state index is 12.5. The van der Waals surface area contributed by atoms with Gasteiger partial charge >= 0.3 is 12.4 Å². The lowest BCUT2D eigenvalue weighted by atomic mass is 9.87. The van der Waals surface area contributed by atoms with Crippen molar-refractivity contribution in [2.75, 3.05) is 0 Å². The van der Waals surface area contributed by atoms with Crippen molar-refractivity contribution in [1.29, 1.82) is 0 Å². The van der Waals surface area contributed by atoms with Gasteiger partial charge in [-0.25, -0.2) is 0 Å². The Hall–Kier alpha value is -0.460. The largest absolute Gasteiger partial charge is 0.414 e. The summed E-state index contributed by atoms with van der Waals surface area (Å²) in [5, 5.41) is 0. The van der Waals surface area contributed by atoms with Gasteiger partial charge in [-0.15, -0.1) is 0 Å². The molecule has 0 bridgehead atoms. The number of alkyl halides is 6. The van der Waals surface area contributed by atoms with Crippen molar-refractivity contribution in [3.05, 3.63) is 0 Å². The molecule has 0 heterocycles. The van der Waals surface area contributed by atoms with Crippen LogP contribution in [0, 0.1) is 5.92 Å². The van der Waals surface area contributed by atoms with Gasteiger partial charge in [0.1, 0.15) is 0 Å². The predicted molar refractivity (Wildman–Crippen MR) is 50.5 cm³/mol. The zero-order chi connectivity index (χ0) is 14.1. The highest BCUT2D eigenvalue weighted by Gasteiger charge is 2.51. The Bertz CT molecular complexity index is 246. The summed E-state index contributed by atoms with van der Waals surface area (Å²) in [5.74, 6) is -1.97. The normalized spacial score (nSPS) is 20.8. The first kappa shape index (κ1) is 16.5. The maximum Gasteiger partial charge on any atom is 0.414 e. The maximum absolute atomic E-state index is 12.5. The Morgan fingerprint density at radius 2 is 1.35 bits per heavy atom. The van der Waals surface area contributed by atoms with Gasteiger partial charge in [-0.1, -0.05) is 13.8 Å². The van der Waals surface area contributed by atoms with E-state index in [-0.39, 0.29) is 6.42 Å². The van der Waals surface area contributed by atoms with E-state index in [0.29, 0.717) is 6.92 Å². The second-order valence-corrected chi connectivity index (χ2v) is 4.23. The van der Waals surface area contributed by atoms with Crippen LogP contribution in [-0.4, -0.2) is 24.1 Å². The van der Waals surface area contributed by atoms with Crippen molar-refractivity contribution >= 4 is 0 Å². The topological polar surface area (TPSA) is 9.23 Å². The van der Waals surface area contributed by atoms with Gasteiger partial charge in [-0.3, -0.25) is 0 Å². The standard InChI is InChI=1S/C10H16F6O/c1-5-8(4,6(2)9(11,12)13)17-7(3)10(14,15)16/h6-7H,5H2,1-4H3. The summed E-state index contributed by atoms with van der Waals surface area (Å²) in [7, 11) is 0. The van der Waals surface area contributed by atoms with Gasteiger partial charge in [-0.05, 0) is 20.3 Å². The average molecular weight is 266 g/mol. The van der Waals surface area contributed by atoms with Gasteiger partial charge in [0.05, 0.1) is 11.5 Å². The van der Waals surface area contributed by atoms with Crippen molar-refractivity contribution in [3.8, 4) is 0 Å². The van der Waals surface area contributed by atoms with E-state index in [9.17, 15) is 26.3 Å². The summed E-state index contributed by atoms with van der Waals surface area (Å²) >= 11 is 0. The summed E-state index contributed by atoms with van der Waals surface area (Å²) in [5.41, 5.74) is -1.88. The molecule has 3 atom stereocenters. The fraction of sp³-hybridized carbons (Fsp3) is 1.00. The van der Waals surface area contributed by atoms with Crippen molar-refractivity contribution < 1.29 is 31.1 Å². The van der Waals surface area contributed by atoms with Crippen LogP contribution in [0.2, 0.25) is 0 Å². The molecular formula is C10H16F6O. The lowest BCUT2D eigenvalue weighted by Gasteiger charge is -2.38. The first-order chi connectivity index (χ1) is 7.34. The highest BCUT2D eigenvalue weighted by Crippen LogP contribution is 2.40. The van der Waals surface area contributed by atoms with E-state index in [1.165, 1.54) is 6.92 Å². The van der Waals surface area contributed by atoms with Crippen molar-refractivity contribution in [2.45, 2.75) is 58.2 Å². The molecule has 0 aromatic rings. The summed E-state index contributed by atoms with van der Waals surface area (Å²) in [6.45, 7) is 3.95. The zero-order valence-corrected chi connectivity index (χ0v) is 10.0. The Labute approximate surface area is 96.1 Å². The summed E-state index contributed by atoms with van der Waals surface area (Å²) in [6.07, 6.45) is -11.6. The van der Waals surface area contributed by atoms with Crippen LogP contribution in [0.25, 0.3) is 0 Å². The zero-order valence-electron chi connectivity index (χ0n) is 10.0. The van der Waals surface area contributed by atoms with E-state index in [1.807, 2.05) is 0 Å². The molecule has 0 saturated carbocycles. The van der Waals surface area contributed by atoms with Gasteiger partial charge in [0, 0.05) is 0 Å². The lowest BCUT2D eigenvalue weighted by molar-refractivity contribution is -0.285. The fourth-order valence-electron chi connectivity index (χ4n) is 1.31. The highest BCUT2D eigenvalue weighted by atomic mass is 19.4. The minimum absolute atomic E-state index is 0.159. The third-order valence-electron chi connectivity index (χ3n) is 3.02. The molecule has 1 nitrogen and oxygen atoms in total. The van der Waals surface area contributed by atoms with Gasteiger partial charge in [0.2, 0.25) is 0 Å². The molecular weight excluding hydrogens is 250 g/mol. The molecule has 0 rings (SSSR count). The monoisotopic (exact) mass is 266 g/mol. The quantitative estimate of drug-likeness (QED) is 0.688. The smallest absolute Gasteiger partial charge is 0.362 e. The van der Waals surface area contributed by atoms with Crippen LogP contribution in [0.15, 0.2) is 0 Å². The van der Waals surface area contributed by atoms with Crippen LogP contribution < -0.4 is 0 Å². The minimum Gasteiger partial charge on any atom is -0.362 e. The van der Waals surface area contributed by atoms with E-state index in [0.717, 1.165) is 13.8 Å². The Kier molecular flexibility index (Phi) is 4.90. The molecule has 3 unspecified atom stereocenters. The minimum atomic E-state index is -4.66. The summed E-state index contributed by atoms with van der Waals surface area (Å²) < 4.78 is 79.0. The highest BCUT2D eigenvalue weighted by molar-refractivity contribution is 4.86. The summed E-state index contributed by atoms with van der Waals surface area (Å²) in [6, 6.07) is 0. The van der Waals surface area contributed by atoms with Crippen LogP contribution in [0.1, 0.15) is 34.1 Å². The molecule has 0 spiro atoms. The number of halogens is 6. The third kappa shape index (κ3) is 4.37. The van der Waals surface area contributed by atoms with E-state index in [2.05, 4.69) is 4.74 Å². The average Bonchev–Trinajstić information content (AvgIpc) is 2.13. The van der Waals surface area contributed by atoms with Crippen LogP contribution in [0.3, 0.4) is 0 Å². The Morgan fingerprint density at radius 1 is 0.941 bits per heavy atom. The van der Waals surface area contributed by atoms with Crippen LogP contribution in [0.5, 0.6) is 0 Å². The summed E-state index contributed by atoms with van der Waals surface area (Å²) in [4.78, 5) is 0. The molecule has 17 heavy (non-hydrogen) atoms. The number of rotatable bonds is 4. The first-order valence-electron chi connectivity index (χ1n) is 5.16. The molecule has 0 aliphatic carbocycles. The van der Waals surface area contributed by atoms with Crippen LogP contribution >= 0.6 is 0 Å². The second-order valence-electron chi connectivity index (χ2n) is 4.23. The fourth-order valence-corrected chi connectivity index (χ4v) is 1.31. The Morgan fingerprint density at radius 3 is 1.59 bits per heavy atom. The molecule has 0 fully saturated rings. The van der Waals surface area contributed by atoms with E-state index < -0.39 is 30.0 Å². The van der Waals surface area contributed by atoms with Gasteiger partial charge < -0.3 is 4.74 Å². The van der Waals surface area contributed by atoms with Gasteiger partial charge in [-0.2, -0.15) is 26.3 Å². The van der Waals surface area contributed by atoms with Crippen LogP contribution in [-0.2, 0) is 4.74 Å². The van der Waals surface area contributed by atoms with Gasteiger partial charge in [0.25, 0.3) is 0 Å². The molecule has 104 valence electrons. The van der Waals surface area contributed by atoms with E-state index in [1.54, 1.807) is 0 Å². The van der Waals surface area contributed by atoms with E-state index >= 15 is 0 Å². The van der Waals surface area contributed by atoms with Gasteiger partial charge in [0.15, 0.2) is 6.10 Å². The number of hydrogen-bond acceptors (Lipinski definition) is 1. The molecule has 0 aromatic heterocycles. The third-order valence-corrected chi connectivity index (χ3v) is 3.02. The molecule has 0 aromatic carbocycles. The lowest BCUT2D eigenvalue weighted by Crippen LogP contribution is -2.48. The number of ether oxygens (including phenoxy) is 1. The molecule has 0 N–H and O–H groups in total. The second kappa shape index (κ2) is 5.04. The van der Waals surface area contributed by atoms with E-state index in [4.69, 9.17) is 0 Å². The van der Waals surface area contributed by atoms with Crippen molar-refractivity contribution in [3.63, 3.8) is 0 Å². The number of hydrogen-bond donors (Lipinski definition) is 0. The molecule has 0 aliphatic heterocycles. The molecule has 0 saturated heterocycles. The molecule has 0 amide bonds. The van der Waals surface area contributed by atoms with Crippen molar-refractivity contribution in [2.24, 2.45) is 5.92 Å².